The maximum atomic E-state index is 8.69. The number of aliphatic hydroxyl groups excluding tert-OH is 1. The molecule has 0 fully saturated rings. The van der Waals surface area contributed by atoms with Crippen molar-refractivity contribution < 1.29 is 5.11 Å². The number of hydrogen-bond acceptors (Lipinski definition) is 2. The molecule has 0 saturated heterocycles. The predicted molar refractivity (Wildman–Crippen MR) is 73.4 cm³/mol. The Labute approximate surface area is 109 Å². The Morgan fingerprint density at radius 3 is 2.47 bits per heavy atom. The number of nitrogens with one attached hydrogen (secondary N) is 1. The third kappa shape index (κ3) is 5.53. The Kier molecular flexibility index (Phi) is 7.25. The lowest BCUT2D eigenvalue weighted by atomic mass is 10.0. The van der Waals surface area contributed by atoms with E-state index in [1.807, 2.05) is 12.1 Å². The minimum atomic E-state index is 0.300. The molecule has 0 radical (unpaired) electrons. The minimum absolute atomic E-state index is 0.300. The van der Waals surface area contributed by atoms with E-state index in [0.717, 1.165) is 37.3 Å². The van der Waals surface area contributed by atoms with E-state index in [2.05, 4.69) is 24.4 Å². The highest BCUT2D eigenvalue weighted by molar-refractivity contribution is 6.30. The van der Waals surface area contributed by atoms with Gasteiger partial charge in [0.15, 0.2) is 0 Å². The summed E-state index contributed by atoms with van der Waals surface area (Å²) in [7, 11) is 0. The largest absolute Gasteiger partial charge is 0.396 e. The Morgan fingerprint density at radius 1 is 1.18 bits per heavy atom. The zero-order valence-electron chi connectivity index (χ0n) is 10.5. The predicted octanol–water partition coefficient (Wildman–Crippen LogP) is 3.54. The molecule has 0 aliphatic rings. The lowest BCUT2D eigenvalue weighted by Gasteiger charge is -2.17. The average molecular weight is 256 g/mol. The Morgan fingerprint density at radius 2 is 1.88 bits per heavy atom. The summed E-state index contributed by atoms with van der Waals surface area (Å²) in [5.74, 6) is 0. The second-order valence-corrected chi connectivity index (χ2v) is 4.69. The average Bonchev–Trinajstić information content (AvgIpc) is 2.35. The molecule has 96 valence electrons. The smallest absolute Gasteiger partial charge is 0.0431 e. The summed E-state index contributed by atoms with van der Waals surface area (Å²) in [4.78, 5) is 0. The van der Waals surface area contributed by atoms with E-state index in [-0.39, 0.29) is 0 Å². The number of halogens is 1. The molecule has 0 aliphatic heterocycles. The molecule has 2 nitrogen and oxygen atoms in total. The molecule has 1 unspecified atom stereocenters. The third-order valence-electron chi connectivity index (χ3n) is 2.91. The van der Waals surface area contributed by atoms with Gasteiger partial charge in [-0.15, -0.1) is 0 Å². The fourth-order valence-electron chi connectivity index (χ4n) is 1.88. The summed E-state index contributed by atoms with van der Waals surface area (Å²) in [6.07, 6.45) is 4.17. The van der Waals surface area contributed by atoms with Gasteiger partial charge in [-0.2, -0.15) is 0 Å². The van der Waals surface area contributed by atoms with Crippen molar-refractivity contribution in [2.45, 2.75) is 38.6 Å². The Balaban J connectivity index is 2.35. The lowest BCUT2D eigenvalue weighted by Crippen LogP contribution is -2.21. The third-order valence-corrected chi connectivity index (χ3v) is 3.16. The van der Waals surface area contributed by atoms with Crippen LogP contribution in [-0.4, -0.2) is 18.3 Å². The molecule has 0 spiro atoms. The highest BCUT2D eigenvalue weighted by Crippen LogP contribution is 2.19. The molecule has 1 rings (SSSR count). The second-order valence-electron chi connectivity index (χ2n) is 4.25. The molecule has 1 aromatic rings. The number of rotatable bonds is 8. The first kappa shape index (κ1) is 14.5. The summed E-state index contributed by atoms with van der Waals surface area (Å²) < 4.78 is 0. The molecular weight excluding hydrogens is 234 g/mol. The Hall–Kier alpha value is -0.570. The van der Waals surface area contributed by atoms with Gasteiger partial charge in [0.1, 0.15) is 0 Å². The molecule has 0 amide bonds. The minimum Gasteiger partial charge on any atom is -0.396 e. The van der Waals surface area contributed by atoms with Crippen molar-refractivity contribution in [1.29, 1.82) is 0 Å². The van der Waals surface area contributed by atoms with E-state index in [4.69, 9.17) is 16.7 Å². The van der Waals surface area contributed by atoms with Gasteiger partial charge in [-0.1, -0.05) is 30.7 Å². The lowest BCUT2D eigenvalue weighted by molar-refractivity contribution is 0.282. The summed E-state index contributed by atoms with van der Waals surface area (Å²) in [6, 6.07) is 8.44. The van der Waals surface area contributed by atoms with Crippen LogP contribution < -0.4 is 5.32 Å². The van der Waals surface area contributed by atoms with Crippen LogP contribution in [0.5, 0.6) is 0 Å². The first-order valence-electron chi connectivity index (χ1n) is 6.37. The quantitative estimate of drug-likeness (QED) is 0.697. The van der Waals surface area contributed by atoms with Crippen molar-refractivity contribution in [2.75, 3.05) is 13.2 Å². The number of benzene rings is 1. The normalized spacial score (nSPS) is 12.6. The molecule has 0 aromatic heterocycles. The van der Waals surface area contributed by atoms with E-state index in [1.165, 1.54) is 5.56 Å². The van der Waals surface area contributed by atoms with Crippen LogP contribution in [0.2, 0.25) is 5.02 Å². The maximum Gasteiger partial charge on any atom is 0.0431 e. The highest BCUT2D eigenvalue weighted by atomic mass is 35.5. The zero-order chi connectivity index (χ0) is 12.5. The van der Waals surface area contributed by atoms with Crippen LogP contribution in [0.1, 0.15) is 44.2 Å². The molecule has 0 aliphatic carbocycles. The molecule has 1 aromatic carbocycles. The van der Waals surface area contributed by atoms with E-state index < -0.39 is 0 Å². The standard InChI is InChI=1S/C14H22ClNO/c1-2-14(16-10-4-3-5-11-17)12-6-8-13(15)9-7-12/h6-9,14,16-17H,2-5,10-11H2,1H3. The molecule has 17 heavy (non-hydrogen) atoms. The van der Waals surface area contributed by atoms with Crippen LogP contribution in [0.25, 0.3) is 0 Å². The van der Waals surface area contributed by atoms with Crippen LogP contribution in [0.3, 0.4) is 0 Å². The van der Waals surface area contributed by atoms with E-state index in [0.29, 0.717) is 12.6 Å². The summed E-state index contributed by atoms with van der Waals surface area (Å²) in [5, 5.41) is 13.0. The van der Waals surface area contributed by atoms with E-state index in [9.17, 15) is 0 Å². The van der Waals surface area contributed by atoms with Crippen LogP contribution in [0.4, 0.5) is 0 Å². The topological polar surface area (TPSA) is 32.3 Å². The summed E-state index contributed by atoms with van der Waals surface area (Å²) >= 11 is 5.88. The van der Waals surface area contributed by atoms with Gasteiger partial charge in [0.25, 0.3) is 0 Å². The molecule has 0 saturated carbocycles. The van der Waals surface area contributed by atoms with Crippen LogP contribution in [0, 0.1) is 0 Å². The van der Waals surface area contributed by atoms with Gasteiger partial charge in [-0.05, 0) is 49.9 Å². The highest BCUT2D eigenvalue weighted by Gasteiger charge is 2.07. The van der Waals surface area contributed by atoms with Gasteiger partial charge in [0, 0.05) is 17.7 Å². The van der Waals surface area contributed by atoms with Crippen molar-refractivity contribution in [3.63, 3.8) is 0 Å². The van der Waals surface area contributed by atoms with Crippen molar-refractivity contribution in [1.82, 2.24) is 5.32 Å². The molecule has 0 bridgehead atoms. The number of aliphatic hydroxyl groups is 1. The van der Waals surface area contributed by atoms with Crippen molar-refractivity contribution in [3.05, 3.63) is 34.9 Å². The van der Waals surface area contributed by atoms with Gasteiger partial charge < -0.3 is 10.4 Å². The van der Waals surface area contributed by atoms with Crippen molar-refractivity contribution in [2.24, 2.45) is 0 Å². The SMILES string of the molecule is CCC(NCCCCCO)c1ccc(Cl)cc1. The number of hydrogen-bond donors (Lipinski definition) is 2. The summed E-state index contributed by atoms with van der Waals surface area (Å²) in [6.45, 7) is 3.48. The van der Waals surface area contributed by atoms with Gasteiger partial charge in [-0.3, -0.25) is 0 Å². The first-order chi connectivity index (χ1) is 8.27. The molecule has 1 atom stereocenters. The monoisotopic (exact) mass is 255 g/mol. The Bertz CT molecular complexity index is 300. The van der Waals surface area contributed by atoms with E-state index >= 15 is 0 Å². The fraction of sp³-hybridized carbons (Fsp3) is 0.571. The van der Waals surface area contributed by atoms with Gasteiger partial charge in [-0.25, -0.2) is 0 Å². The molecule has 2 N–H and O–H groups in total. The van der Waals surface area contributed by atoms with Crippen molar-refractivity contribution in [3.8, 4) is 0 Å². The zero-order valence-corrected chi connectivity index (χ0v) is 11.2. The maximum absolute atomic E-state index is 8.69. The molecule has 3 heteroatoms. The number of unbranched alkanes of at least 4 members (excludes halogenated alkanes) is 2. The molecule has 0 heterocycles. The van der Waals surface area contributed by atoms with Gasteiger partial charge >= 0.3 is 0 Å². The molecular formula is C14H22ClNO. The first-order valence-corrected chi connectivity index (χ1v) is 6.75. The van der Waals surface area contributed by atoms with Crippen molar-refractivity contribution >= 4 is 11.6 Å². The van der Waals surface area contributed by atoms with E-state index in [1.54, 1.807) is 0 Å². The van der Waals surface area contributed by atoms with Crippen LogP contribution in [-0.2, 0) is 0 Å². The van der Waals surface area contributed by atoms with Gasteiger partial charge in [0.05, 0.1) is 0 Å². The summed E-state index contributed by atoms with van der Waals surface area (Å²) in [5.41, 5.74) is 1.29. The second kappa shape index (κ2) is 8.51. The van der Waals surface area contributed by atoms with Crippen LogP contribution >= 0.6 is 11.6 Å². The van der Waals surface area contributed by atoms with Gasteiger partial charge in [0.2, 0.25) is 0 Å². The van der Waals surface area contributed by atoms with Crippen LogP contribution in [0.15, 0.2) is 24.3 Å². The fourth-order valence-corrected chi connectivity index (χ4v) is 2.01.